The minimum absolute atomic E-state index is 0.00682. The minimum Gasteiger partial charge on any atom is -0.482 e. The van der Waals surface area contributed by atoms with Crippen LogP contribution in [0.25, 0.3) is 0 Å². The summed E-state index contributed by atoms with van der Waals surface area (Å²) in [4.78, 5) is 63.2. The van der Waals surface area contributed by atoms with E-state index in [4.69, 9.17) is 14.2 Å². The molecule has 1 heterocycles. The van der Waals surface area contributed by atoms with Gasteiger partial charge in [0.15, 0.2) is 24.0 Å². The lowest BCUT2D eigenvalue weighted by molar-refractivity contribution is -0.145. The van der Waals surface area contributed by atoms with Gasteiger partial charge < -0.3 is 19.5 Å². The fourth-order valence-electron chi connectivity index (χ4n) is 3.98. The van der Waals surface area contributed by atoms with Crippen LogP contribution in [0.1, 0.15) is 38.0 Å². The molecule has 1 saturated heterocycles. The predicted molar refractivity (Wildman–Crippen MR) is 126 cm³/mol. The number of morpholine rings is 1. The number of urea groups is 1. The number of hydrogen-bond acceptors (Lipinski definition) is 9. The Bertz CT molecular complexity index is 1190. The topological polar surface area (TPSA) is 140 Å². The first-order chi connectivity index (χ1) is 17.4. The maximum atomic E-state index is 13.2. The van der Waals surface area contributed by atoms with Crippen LogP contribution in [0.4, 0.5) is 10.5 Å². The van der Waals surface area contributed by atoms with Crippen LogP contribution in [-0.4, -0.2) is 73.9 Å². The molecule has 1 aliphatic heterocycles. The van der Waals surface area contributed by atoms with Crippen LogP contribution in [0.3, 0.4) is 0 Å². The second-order valence-electron chi connectivity index (χ2n) is 8.04. The largest absolute Gasteiger partial charge is 0.482 e. The Hall–Kier alpha value is -4.09. The van der Waals surface area contributed by atoms with E-state index < -0.39 is 35.3 Å². The molecule has 0 saturated carbocycles. The molecule has 0 radical (unpaired) electrons. The lowest BCUT2D eigenvalue weighted by atomic mass is 9.93. The van der Waals surface area contributed by atoms with E-state index in [0.717, 1.165) is 0 Å². The van der Waals surface area contributed by atoms with Crippen molar-refractivity contribution in [2.75, 3.05) is 44.8 Å². The summed E-state index contributed by atoms with van der Waals surface area (Å²) in [5, 5.41) is 4.29. The summed E-state index contributed by atoms with van der Waals surface area (Å²) in [5.74, 6) is -3.71. The quantitative estimate of drug-likeness (QED) is 0.319. The number of hydrogen-bond donors (Lipinski definition) is 2. The van der Waals surface area contributed by atoms with Crippen molar-refractivity contribution >= 4 is 35.0 Å². The lowest BCUT2D eigenvalue weighted by Crippen LogP contribution is -2.49. The van der Waals surface area contributed by atoms with Gasteiger partial charge in [0, 0.05) is 24.2 Å². The summed E-state index contributed by atoms with van der Waals surface area (Å²) in [6.07, 6.45) is 0. The number of hydrazine groups is 1. The Morgan fingerprint density at radius 3 is 2.44 bits per heavy atom. The maximum absolute atomic E-state index is 13.2. The number of rotatable bonds is 8. The van der Waals surface area contributed by atoms with E-state index in [1.54, 1.807) is 11.9 Å². The highest BCUT2D eigenvalue weighted by molar-refractivity contribution is 6.39. The second kappa shape index (κ2) is 11.1. The molecular formula is C25H25N3O8. The molecule has 0 bridgehead atoms. The van der Waals surface area contributed by atoms with Crippen molar-refractivity contribution in [1.29, 1.82) is 0 Å². The van der Waals surface area contributed by atoms with Crippen molar-refractivity contribution in [3.05, 3.63) is 59.2 Å². The molecule has 2 aliphatic rings. The number of carbonyl (C=O) groups is 5. The van der Waals surface area contributed by atoms with Gasteiger partial charge in [0.1, 0.15) is 11.7 Å². The summed E-state index contributed by atoms with van der Waals surface area (Å²) in [6, 6.07) is 9.70. The normalized spacial score (nSPS) is 17.3. The number of anilines is 1. The van der Waals surface area contributed by atoms with Gasteiger partial charge in [-0.05, 0) is 37.3 Å². The van der Waals surface area contributed by atoms with Gasteiger partial charge in [-0.25, -0.2) is 14.6 Å². The molecule has 36 heavy (non-hydrogen) atoms. The van der Waals surface area contributed by atoms with Gasteiger partial charge in [-0.2, -0.15) is 0 Å². The summed E-state index contributed by atoms with van der Waals surface area (Å²) < 4.78 is 15.3. The van der Waals surface area contributed by atoms with Crippen LogP contribution in [-0.2, 0) is 14.3 Å². The number of ketones is 3. The maximum Gasteiger partial charge on any atom is 0.344 e. The van der Waals surface area contributed by atoms with Crippen molar-refractivity contribution in [3.8, 4) is 5.75 Å². The highest BCUT2D eigenvalue weighted by Crippen LogP contribution is 2.34. The average Bonchev–Trinajstić information content (AvgIpc) is 3.14. The Morgan fingerprint density at radius 1 is 1.03 bits per heavy atom. The van der Waals surface area contributed by atoms with Gasteiger partial charge in [-0.1, -0.05) is 12.1 Å². The molecule has 0 spiro atoms. The van der Waals surface area contributed by atoms with Gasteiger partial charge >= 0.3 is 12.0 Å². The van der Waals surface area contributed by atoms with Crippen LogP contribution in [0, 0.1) is 5.92 Å². The summed E-state index contributed by atoms with van der Waals surface area (Å²) in [7, 11) is 0. The molecule has 1 aliphatic carbocycles. The fourth-order valence-corrected chi connectivity index (χ4v) is 3.98. The van der Waals surface area contributed by atoms with E-state index in [9.17, 15) is 24.0 Å². The highest BCUT2D eigenvalue weighted by atomic mass is 16.6. The number of carbonyl (C=O) groups excluding carboxylic acids is 5. The van der Waals surface area contributed by atoms with Gasteiger partial charge in [0.25, 0.3) is 0 Å². The monoisotopic (exact) mass is 495 g/mol. The summed E-state index contributed by atoms with van der Waals surface area (Å²) in [6.45, 7) is 3.62. The number of Topliss-reactive ketones (excluding diaryl/α,β-unsaturated/α-hetero) is 3. The van der Waals surface area contributed by atoms with Crippen molar-refractivity contribution < 1.29 is 38.2 Å². The zero-order chi connectivity index (χ0) is 25.7. The first kappa shape index (κ1) is 25.0. The van der Waals surface area contributed by atoms with Gasteiger partial charge in [-0.15, -0.1) is 0 Å². The SMILES string of the molecule is CCOC(=O)COc1ccc(C(=O)[C@H]2C(=O)c3cccc(NC(=O)NN4CCOCC4)c3C2=O)cc1. The van der Waals surface area contributed by atoms with Crippen LogP contribution in [0.2, 0.25) is 0 Å². The third-order valence-electron chi connectivity index (χ3n) is 5.68. The second-order valence-corrected chi connectivity index (χ2v) is 8.04. The van der Waals surface area contributed by atoms with E-state index in [2.05, 4.69) is 10.7 Å². The standard InChI is InChI=1S/C25H25N3O8/c1-2-35-19(29)14-36-16-8-6-15(7-9-16)22(30)21-23(31)17-4-3-5-18(20(17)24(21)32)26-25(33)27-28-10-12-34-13-11-28/h3-9,21H,2,10-14H2,1H3,(H2,26,27,33)/t21-/m0/s1. The van der Waals surface area contributed by atoms with E-state index in [1.807, 2.05) is 0 Å². The van der Waals surface area contributed by atoms with E-state index in [1.165, 1.54) is 42.5 Å². The van der Waals surface area contributed by atoms with Crippen LogP contribution < -0.4 is 15.5 Å². The first-order valence-electron chi connectivity index (χ1n) is 11.4. The minimum atomic E-state index is -1.54. The van der Waals surface area contributed by atoms with Gasteiger partial charge in [0.2, 0.25) is 0 Å². The summed E-state index contributed by atoms with van der Waals surface area (Å²) in [5.41, 5.74) is 3.04. The Kier molecular flexibility index (Phi) is 7.71. The van der Waals surface area contributed by atoms with Crippen LogP contribution >= 0.6 is 0 Å². The number of nitrogens with one attached hydrogen (secondary N) is 2. The molecule has 11 nitrogen and oxygen atoms in total. The number of esters is 1. The number of nitrogens with zero attached hydrogens (tertiary/aromatic N) is 1. The Morgan fingerprint density at radius 2 is 1.75 bits per heavy atom. The van der Waals surface area contributed by atoms with E-state index in [0.29, 0.717) is 32.1 Å². The molecule has 0 unspecified atom stereocenters. The number of fused-ring (bicyclic) bond motifs is 1. The molecule has 188 valence electrons. The number of ether oxygens (including phenoxy) is 3. The Labute approximate surface area is 206 Å². The number of amides is 2. The molecule has 1 atom stereocenters. The zero-order valence-electron chi connectivity index (χ0n) is 19.6. The molecule has 2 aromatic carbocycles. The molecule has 2 amide bonds. The number of benzene rings is 2. The lowest BCUT2D eigenvalue weighted by Gasteiger charge is -2.27. The predicted octanol–water partition coefficient (Wildman–Crippen LogP) is 1.88. The smallest absolute Gasteiger partial charge is 0.344 e. The van der Waals surface area contributed by atoms with Gasteiger partial charge in [-0.3, -0.25) is 19.8 Å². The van der Waals surface area contributed by atoms with Crippen molar-refractivity contribution in [2.24, 2.45) is 5.92 Å². The van der Waals surface area contributed by atoms with E-state index >= 15 is 0 Å². The molecule has 0 aromatic heterocycles. The van der Waals surface area contributed by atoms with Crippen molar-refractivity contribution in [2.45, 2.75) is 6.92 Å². The molecular weight excluding hydrogens is 470 g/mol. The molecule has 11 heteroatoms. The zero-order valence-corrected chi connectivity index (χ0v) is 19.6. The molecule has 4 rings (SSSR count). The third-order valence-corrected chi connectivity index (χ3v) is 5.68. The van der Waals surface area contributed by atoms with Crippen molar-refractivity contribution in [3.63, 3.8) is 0 Å². The van der Waals surface area contributed by atoms with E-state index in [-0.39, 0.29) is 35.6 Å². The van der Waals surface area contributed by atoms with Crippen molar-refractivity contribution in [1.82, 2.24) is 10.4 Å². The highest BCUT2D eigenvalue weighted by Gasteiger charge is 2.45. The molecule has 1 fully saturated rings. The molecule has 2 N–H and O–H groups in total. The first-order valence-corrected chi connectivity index (χ1v) is 11.4. The fraction of sp³-hybridized carbons (Fsp3) is 0.320. The van der Waals surface area contributed by atoms with Crippen LogP contribution in [0.5, 0.6) is 5.75 Å². The Balaban J connectivity index is 1.45. The summed E-state index contributed by atoms with van der Waals surface area (Å²) >= 11 is 0. The third kappa shape index (κ3) is 5.42. The van der Waals surface area contributed by atoms with Gasteiger partial charge in [0.05, 0.1) is 31.1 Å². The average molecular weight is 495 g/mol. The molecule has 2 aromatic rings. The van der Waals surface area contributed by atoms with Crippen LogP contribution in [0.15, 0.2) is 42.5 Å².